The highest BCUT2D eigenvalue weighted by molar-refractivity contribution is 7.97. The molecular formula is C19H20F2N4O2S. The van der Waals surface area contributed by atoms with Gasteiger partial charge >= 0.3 is 0 Å². The van der Waals surface area contributed by atoms with E-state index >= 15 is 0 Å². The summed E-state index contributed by atoms with van der Waals surface area (Å²) in [5, 5.41) is 2.72. The van der Waals surface area contributed by atoms with Crippen molar-refractivity contribution in [1.29, 1.82) is 0 Å². The number of allylic oxidation sites excluding steroid dienone is 1. The number of pyridine rings is 1. The second-order valence-corrected chi connectivity index (χ2v) is 8.00. The van der Waals surface area contributed by atoms with E-state index in [-0.39, 0.29) is 17.1 Å². The molecule has 0 bridgehead atoms. The van der Waals surface area contributed by atoms with E-state index in [9.17, 15) is 13.6 Å². The number of aromatic nitrogens is 2. The Hall–Kier alpha value is -2.23. The first kappa shape index (κ1) is 19.1. The fourth-order valence-corrected chi connectivity index (χ4v) is 4.27. The molecule has 0 spiro atoms. The molecule has 4 rings (SSSR count). The van der Waals surface area contributed by atoms with Gasteiger partial charge in [-0.05, 0) is 49.6 Å². The van der Waals surface area contributed by atoms with Crippen molar-refractivity contribution in [3.05, 3.63) is 47.1 Å². The average Bonchev–Trinajstić information content (AvgIpc) is 3.18. The fraction of sp³-hybridized carbons (Fsp3) is 0.368. The summed E-state index contributed by atoms with van der Waals surface area (Å²) in [5.41, 5.74) is 2.18. The molecule has 4 heterocycles. The molecule has 0 aromatic carbocycles. The highest BCUT2D eigenvalue weighted by atomic mass is 32.2. The zero-order valence-electron chi connectivity index (χ0n) is 15.5. The summed E-state index contributed by atoms with van der Waals surface area (Å²) in [6, 6.07) is 2.69. The molecule has 6 nitrogen and oxygen atoms in total. The molecule has 9 heteroatoms. The first-order valence-corrected chi connectivity index (χ1v) is 9.66. The van der Waals surface area contributed by atoms with Gasteiger partial charge in [0, 0.05) is 18.4 Å². The number of carbonyl (C=O) groups excluding carboxylic acids is 1. The smallest absolute Gasteiger partial charge is 0.280 e. The third kappa shape index (κ3) is 3.45. The lowest BCUT2D eigenvalue weighted by Crippen LogP contribution is -2.55. The molecule has 0 saturated carbocycles. The van der Waals surface area contributed by atoms with Gasteiger partial charge in [-0.3, -0.25) is 9.78 Å². The molecule has 1 saturated heterocycles. The lowest BCUT2D eigenvalue weighted by Gasteiger charge is -2.38. The standard InChI is InChI=1S/C19H20F2N4O2S/c1-11-15(18(26)23-12-5-6-22-13(8-12)17(20)21)25-7-3-4-14(25)16(11)28-24-19(2)9-27-10-19/h3-6,8,17,24H,7,9-10H2,1-2H3,(H,22,23,26). The Morgan fingerprint density at radius 1 is 1.43 bits per heavy atom. The summed E-state index contributed by atoms with van der Waals surface area (Å²) in [4.78, 5) is 17.5. The highest BCUT2D eigenvalue weighted by Gasteiger charge is 2.34. The molecule has 2 aromatic rings. The molecule has 0 unspecified atom stereocenters. The zero-order chi connectivity index (χ0) is 19.9. The number of anilines is 1. The molecule has 1 fully saturated rings. The largest absolute Gasteiger partial charge is 0.377 e. The molecule has 0 aliphatic carbocycles. The van der Waals surface area contributed by atoms with Crippen LogP contribution in [0.15, 0.2) is 29.3 Å². The van der Waals surface area contributed by atoms with Crippen LogP contribution in [0.1, 0.15) is 40.8 Å². The molecule has 2 aliphatic rings. The number of nitrogens with zero attached hydrogens (tertiary/aromatic N) is 2. The van der Waals surface area contributed by atoms with E-state index in [0.29, 0.717) is 31.1 Å². The van der Waals surface area contributed by atoms with Crippen LogP contribution in [0.25, 0.3) is 6.08 Å². The van der Waals surface area contributed by atoms with E-state index in [1.165, 1.54) is 30.3 Å². The van der Waals surface area contributed by atoms with Crippen LogP contribution in [-0.2, 0) is 11.3 Å². The minimum absolute atomic E-state index is 0.0839. The second kappa shape index (κ2) is 7.31. The van der Waals surface area contributed by atoms with Crippen LogP contribution in [0.4, 0.5) is 14.5 Å². The van der Waals surface area contributed by atoms with Gasteiger partial charge in [0.2, 0.25) is 0 Å². The number of nitrogens with one attached hydrogen (secondary N) is 2. The summed E-state index contributed by atoms with van der Waals surface area (Å²) in [5.74, 6) is -0.334. The molecule has 2 aliphatic heterocycles. The van der Waals surface area contributed by atoms with Crippen molar-refractivity contribution in [3.63, 3.8) is 0 Å². The maximum absolute atomic E-state index is 12.9. The fourth-order valence-electron chi connectivity index (χ4n) is 3.27. The molecule has 2 aromatic heterocycles. The summed E-state index contributed by atoms with van der Waals surface area (Å²) >= 11 is 1.49. The van der Waals surface area contributed by atoms with Crippen molar-refractivity contribution >= 4 is 29.6 Å². The molecule has 2 N–H and O–H groups in total. The summed E-state index contributed by atoms with van der Waals surface area (Å²) in [6.45, 7) is 5.87. The number of amides is 1. The van der Waals surface area contributed by atoms with Gasteiger partial charge in [0.25, 0.3) is 12.3 Å². The minimum Gasteiger partial charge on any atom is -0.377 e. The number of ether oxygens (including phenoxy) is 1. The van der Waals surface area contributed by atoms with E-state index in [4.69, 9.17) is 4.74 Å². The van der Waals surface area contributed by atoms with E-state index < -0.39 is 6.43 Å². The van der Waals surface area contributed by atoms with E-state index in [1.54, 1.807) is 0 Å². The van der Waals surface area contributed by atoms with Crippen LogP contribution in [0.5, 0.6) is 0 Å². The molecular weight excluding hydrogens is 386 g/mol. The van der Waals surface area contributed by atoms with Crippen LogP contribution in [0, 0.1) is 6.92 Å². The average molecular weight is 406 g/mol. The minimum atomic E-state index is -2.69. The van der Waals surface area contributed by atoms with Crippen molar-refractivity contribution in [1.82, 2.24) is 14.3 Å². The quantitative estimate of drug-likeness (QED) is 0.715. The lowest BCUT2D eigenvalue weighted by molar-refractivity contribution is -0.0510. The maximum atomic E-state index is 12.9. The Balaban J connectivity index is 1.58. The Kier molecular flexibility index (Phi) is 4.98. The summed E-state index contributed by atoms with van der Waals surface area (Å²) < 4.78 is 36.4. The predicted molar refractivity (Wildman–Crippen MR) is 104 cm³/mol. The predicted octanol–water partition coefficient (Wildman–Crippen LogP) is 3.79. The molecule has 148 valence electrons. The van der Waals surface area contributed by atoms with Crippen molar-refractivity contribution in [2.24, 2.45) is 0 Å². The Morgan fingerprint density at radius 2 is 2.21 bits per heavy atom. The zero-order valence-corrected chi connectivity index (χ0v) is 16.3. The van der Waals surface area contributed by atoms with Gasteiger partial charge in [-0.1, -0.05) is 6.08 Å². The first-order valence-electron chi connectivity index (χ1n) is 8.85. The van der Waals surface area contributed by atoms with Gasteiger partial charge in [0.05, 0.1) is 29.3 Å². The van der Waals surface area contributed by atoms with Gasteiger partial charge in [-0.15, -0.1) is 0 Å². The van der Waals surface area contributed by atoms with Crippen LogP contribution in [0.3, 0.4) is 0 Å². The molecule has 0 atom stereocenters. The number of hydrogen-bond acceptors (Lipinski definition) is 5. The van der Waals surface area contributed by atoms with Crippen molar-refractivity contribution in [2.45, 2.75) is 37.3 Å². The van der Waals surface area contributed by atoms with E-state index in [1.807, 2.05) is 23.6 Å². The number of rotatable bonds is 6. The highest BCUT2D eigenvalue weighted by Crippen LogP contribution is 2.36. The molecule has 0 radical (unpaired) electrons. The summed E-state index contributed by atoms with van der Waals surface area (Å²) in [6.07, 6.45) is 2.56. The SMILES string of the molecule is Cc1c(SNC2(C)COC2)c2n(c1C(=O)Nc1ccnc(C(F)F)c1)CC=C2. The van der Waals surface area contributed by atoms with Gasteiger partial charge in [0.15, 0.2) is 0 Å². The van der Waals surface area contributed by atoms with Gasteiger partial charge in [0.1, 0.15) is 11.4 Å². The number of alkyl halides is 2. The number of halogens is 2. The Bertz CT molecular complexity index is 954. The van der Waals surface area contributed by atoms with Gasteiger partial charge in [-0.25, -0.2) is 13.5 Å². The van der Waals surface area contributed by atoms with Crippen LogP contribution in [0.2, 0.25) is 0 Å². The van der Waals surface area contributed by atoms with Crippen LogP contribution in [-0.4, -0.2) is 34.2 Å². The monoisotopic (exact) mass is 406 g/mol. The molecule has 1 amide bonds. The topological polar surface area (TPSA) is 68.2 Å². The lowest BCUT2D eigenvalue weighted by atomic mass is 10.0. The van der Waals surface area contributed by atoms with Crippen molar-refractivity contribution < 1.29 is 18.3 Å². The molecule has 28 heavy (non-hydrogen) atoms. The van der Waals surface area contributed by atoms with E-state index in [2.05, 4.69) is 21.9 Å². The number of fused-ring (bicyclic) bond motifs is 1. The Morgan fingerprint density at radius 3 is 2.89 bits per heavy atom. The van der Waals surface area contributed by atoms with Crippen molar-refractivity contribution in [3.8, 4) is 0 Å². The van der Waals surface area contributed by atoms with Crippen LogP contribution >= 0.6 is 11.9 Å². The maximum Gasteiger partial charge on any atom is 0.280 e. The number of hydrogen-bond donors (Lipinski definition) is 2. The van der Waals surface area contributed by atoms with Gasteiger partial charge < -0.3 is 14.6 Å². The summed E-state index contributed by atoms with van der Waals surface area (Å²) in [7, 11) is 0. The van der Waals surface area contributed by atoms with E-state index in [0.717, 1.165) is 16.2 Å². The second-order valence-electron chi connectivity index (χ2n) is 7.18. The van der Waals surface area contributed by atoms with Gasteiger partial charge in [-0.2, -0.15) is 0 Å². The van der Waals surface area contributed by atoms with Crippen molar-refractivity contribution in [2.75, 3.05) is 18.5 Å². The normalized spacial score (nSPS) is 16.9. The Labute approximate surface area is 165 Å². The van der Waals surface area contributed by atoms with Crippen LogP contribution < -0.4 is 10.0 Å². The third-order valence-electron chi connectivity index (χ3n) is 4.77. The first-order chi connectivity index (χ1) is 13.4. The number of carbonyl (C=O) groups is 1. The third-order valence-corrected chi connectivity index (χ3v) is 6.09.